The van der Waals surface area contributed by atoms with Crippen molar-refractivity contribution in [2.75, 3.05) is 6.54 Å². The van der Waals surface area contributed by atoms with E-state index < -0.39 is 0 Å². The second-order valence-electron chi connectivity index (χ2n) is 8.07. The third kappa shape index (κ3) is 5.05. The molecule has 2 aromatic carbocycles. The highest BCUT2D eigenvalue weighted by Crippen LogP contribution is 2.35. The highest BCUT2D eigenvalue weighted by Gasteiger charge is 2.24. The summed E-state index contributed by atoms with van der Waals surface area (Å²) in [7, 11) is 0. The van der Waals surface area contributed by atoms with Crippen molar-refractivity contribution < 1.29 is 14.3 Å². The van der Waals surface area contributed by atoms with Crippen LogP contribution in [0.15, 0.2) is 42.6 Å². The molecule has 0 radical (unpaired) electrons. The standard InChI is InChI=1S/C25H25ClN2O3/c1-3-27-25(30)20-14-21-23(10-15(20)2)28-9-8-24(21)31-19-7-6-17(22(26)13-19)12-18(29)11-16-4-5-16/h6-10,13-14,16H,3-5,11-12H2,1-2H3,(H,27,30). The number of benzene rings is 2. The molecule has 0 bridgehead atoms. The molecule has 1 saturated carbocycles. The number of amides is 1. The van der Waals surface area contributed by atoms with Gasteiger partial charge in [0.25, 0.3) is 5.91 Å². The first-order valence-corrected chi connectivity index (χ1v) is 11.0. The molecular formula is C25H25ClN2O3. The molecule has 31 heavy (non-hydrogen) atoms. The number of halogens is 1. The van der Waals surface area contributed by atoms with E-state index >= 15 is 0 Å². The molecule has 4 rings (SSSR count). The lowest BCUT2D eigenvalue weighted by molar-refractivity contribution is -0.118. The molecule has 3 aromatic rings. The molecule has 1 aromatic heterocycles. The summed E-state index contributed by atoms with van der Waals surface area (Å²) in [6.07, 6.45) is 4.99. The van der Waals surface area contributed by atoms with E-state index in [9.17, 15) is 9.59 Å². The largest absolute Gasteiger partial charge is 0.457 e. The van der Waals surface area contributed by atoms with Crippen LogP contribution in [0.4, 0.5) is 0 Å². The number of hydrogen-bond acceptors (Lipinski definition) is 4. The molecule has 0 aliphatic heterocycles. The van der Waals surface area contributed by atoms with E-state index in [0.29, 0.717) is 47.4 Å². The number of ketones is 1. The number of aromatic nitrogens is 1. The number of Topliss-reactive ketones (excluding diaryl/α,β-unsaturated/α-hetero) is 1. The summed E-state index contributed by atoms with van der Waals surface area (Å²) in [6.45, 7) is 4.33. The number of carbonyl (C=O) groups is 2. The number of nitrogens with one attached hydrogen (secondary N) is 1. The molecular weight excluding hydrogens is 412 g/mol. The molecule has 1 aliphatic rings. The van der Waals surface area contributed by atoms with Gasteiger partial charge in [0.2, 0.25) is 0 Å². The summed E-state index contributed by atoms with van der Waals surface area (Å²) in [5.41, 5.74) is 3.01. The summed E-state index contributed by atoms with van der Waals surface area (Å²) >= 11 is 6.43. The number of aryl methyl sites for hydroxylation is 1. The SMILES string of the molecule is CCNC(=O)c1cc2c(Oc3ccc(CC(=O)CC4CC4)c(Cl)c3)ccnc2cc1C. The Bertz CT molecular complexity index is 1150. The maximum atomic E-state index is 12.4. The van der Waals surface area contributed by atoms with Gasteiger partial charge in [-0.05, 0) is 74.1 Å². The molecule has 5 nitrogen and oxygen atoms in total. The van der Waals surface area contributed by atoms with Crippen LogP contribution in [0.1, 0.15) is 47.7 Å². The van der Waals surface area contributed by atoms with Gasteiger partial charge in [-0.1, -0.05) is 17.7 Å². The minimum Gasteiger partial charge on any atom is -0.457 e. The molecule has 1 N–H and O–H groups in total. The molecule has 0 spiro atoms. The van der Waals surface area contributed by atoms with Gasteiger partial charge in [0, 0.05) is 41.6 Å². The highest BCUT2D eigenvalue weighted by atomic mass is 35.5. The van der Waals surface area contributed by atoms with Crippen molar-refractivity contribution in [1.29, 1.82) is 0 Å². The molecule has 1 fully saturated rings. The molecule has 1 heterocycles. The van der Waals surface area contributed by atoms with Gasteiger partial charge in [0.1, 0.15) is 17.3 Å². The fraction of sp³-hybridized carbons (Fsp3) is 0.320. The fourth-order valence-corrected chi connectivity index (χ4v) is 3.89. The smallest absolute Gasteiger partial charge is 0.251 e. The van der Waals surface area contributed by atoms with Crippen LogP contribution in [0.3, 0.4) is 0 Å². The van der Waals surface area contributed by atoms with Crippen LogP contribution in [-0.2, 0) is 11.2 Å². The molecule has 0 unspecified atom stereocenters. The van der Waals surface area contributed by atoms with Crippen LogP contribution in [0.25, 0.3) is 10.9 Å². The van der Waals surface area contributed by atoms with Crippen molar-refractivity contribution in [3.05, 3.63) is 64.3 Å². The van der Waals surface area contributed by atoms with E-state index in [0.717, 1.165) is 34.9 Å². The maximum absolute atomic E-state index is 12.4. The van der Waals surface area contributed by atoms with Gasteiger partial charge in [-0.3, -0.25) is 14.6 Å². The van der Waals surface area contributed by atoms with E-state index in [1.807, 2.05) is 38.1 Å². The lowest BCUT2D eigenvalue weighted by atomic mass is 10.0. The predicted molar refractivity (Wildman–Crippen MR) is 122 cm³/mol. The summed E-state index contributed by atoms with van der Waals surface area (Å²) in [5, 5.41) is 4.09. The second kappa shape index (κ2) is 9.06. The number of rotatable bonds is 8. The Labute approximate surface area is 186 Å². The zero-order valence-electron chi connectivity index (χ0n) is 17.7. The normalized spacial score (nSPS) is 13.3. The Balaban J connectivity index is 1.58. The van der Waals surface area contributed by atoms with E-state index in [4.69, 9.17) is 16.3 Å². The van der Waals surface area contributed by atoms with Crippen molar-refractivity contribution in [3.63, 3.8) is 0 Å². The summed E-state index contributed by atoms with van der Waals surface area (Å²) in [4.78, 5) is 29.0. The maximum Gasteiger partial charge on any atom is 0.251 e. The minimum absolute atomic E-state index is 0.125. The Hall–Kier alpha value is -2.92. The zero-order chi connectivity index (χ0) is 22.0. The second-order valence-corrected chi connectivity index (χ2v) is 8.48. The van der Waals surface area contributed by atoms with Gasteiger partial charge in [-0.15, -0.1) is 0 Å². The summed E-state index contributed by atoms with van der Waals surface area (Å²) in [6, 6.07) is 10.8. The zero-order valence-corrected chi connectivity index (χ0v) is 18.5. The van der Waals surface area contributed by atoms with Crippen molar-refractivity contribution in [3.8, 4) is 11.5 Å². The number of fused-ring (bicyclic) bond motifs is 1. The molecule has 0 atom stereocenters. The highest BCUT2D eigenvalue weighted by molar-refractivity contribution is 6.31. The average Bonchev–Trinajstić information content (AvgIpc) is 3.54. The van der Waals surface area contributed by atoms with Gasteiger partial charge in [0.15, 0.2) is 0 Å². The molecule has 1 amide bonds. The van der Waals surface area contributed by atoms with Crippen LogP contribution in [0.5, 0.6) is 11.5 Å². The summed E-state index contributed by atoms with van der Waals surface area (Å²) in [5.74, 6) is 1.83. The Morgan fingerprint density at radius 3 is 2.71 bits per heavy atom. The monoisotopic (exact) mass is 436 g/mol. The number of carbonyl (C=O) groups excluding carboxylic acids is 2. The molecule has 160 valence electrons. The van der Waals surface area contributed by atoms with Gasteiger partial charge >= 0.3 is 0 Å². The van der Waals surface area contributed by atoms with Gasteiger partial charge in [0.05, 0.1) is 5.52 Å². The third-order valence-corrected chi connectivity index (χ3v) is 5.83. The Kier molecular flexibility index (Phi) is 6.23. The first kappa shape index (κ1) is 21.3. The Morgan fingerprint density at radius 1 is 1.19 bits per heavy atom. The van der Waals surface area contributed by atoms with Crippen LogP contribution in [-0.4, -0.2) is 23.2 Å². The van der Waals surface area contributed by atoms with E-state index in [2.05, 4.69) is 10.3 Å². The fourth-order valence-electron chi connectivity index (χ4n) is 3.65. The average molecular weight is 437 g/mol. The summed E-state index contributed by atoms with van der Waals surface area (Å²) < 4.78 is 6.10. The quantitative estimate of drug-likeness (QED) is 0.495. The van der Waals surface area contributed by atoms with Crippen LogP contribution < -0.4 is 10.1 Å². The van der Waals surface area contributed by atoms with E-state index in [-0.39, 0.29) is 11.7 Å². The first-order chi connectivity index (χ1) is 14.9. The van der Waals surface area contributed by atoms with Gasteiger partial charge in [-0.25, -0.2) is 0 Å². The van der Waals surface area contributed by atoms with E-state index in [1.54, 1.807) is 18.3 Å². The van der Waals surface area contributed by atoms with Crippen LogP contribution in [0.2, 0.25) is 5.02 Å². The number of ether oxygens (including phenoxy) is 1. The third-order valence-electron chi connectivity index (χ3n) is 5.48. The number of nitrogens with zero attached hydrogens (tertiary/aromatic N) is 1. The van der Waals surface area contributed by atoms with Gasteiger partial charge < -0.3 is 10.1 Å². The first-order valence-electron chi connectivity index (χ1n) is 10.6. The van der Waals surface area contributed by atoms with Crippen LogP contribution in [0, 0.1) is 12.8 Å². The van der Waals surface area contributed by atoms with Crippen molar-refractivity contribution in [1.82, 2.24) is 10.3 Å². The lowest BCUT2D eigenvalue weighted by Crippen LogP contribution is -2.23. The molecule has 0 saturated heterocycles. The minimum atomic E-state index is -0.125. The van der Waals surface area contributed by atoms with Crippen LogP contribution >= 0.6 is 11.6 Å². The van der Waals surface area contributed by atoms with Crippen molar-refractivity contribution in [2.45, 2.75) is 39.5 Å². The predicted octanol–water partition coefficient (Wildman–Crippen LogP) is 5.65. The topological polar surface area (TPSA) is 68.3 Å². The lowest BCUT2D eigenvalue weighted by Gasteiger charge is -2.13. The number of hydrogen-bond donors (Lipinski definition) is 1. The van der Waals surface area contributed by atoms with E-state index in [1.165, 1.54) is 0 Å². The molecule has 6 heteroatoms. The van der Waals surface area contributed by atoms with Crippen molar-refractivity contribution in [2.24, 2.45) is 5.92 Å². The number of pyridine rings is 1. The van der Waals surface area contributed by atoms with Gasteiger partial charge in [-0.2, -0.15) is 0 Å². The van der Waals surface area contributed by atoms with Crippen molar-refractivity contribution >= 4 is 34.2 Å². The Morgan fingerprint density at radius 2 is 2.00 bits per heavy atom. The molecule has 1 aliphatic carbocycles.